The molecule has 10 aromatic carbocycles. The van der Waals surface area contributed by atoms with Crippen LogP contribution in [0, 0.1) is 0 Å². The Labute approximate surface area is 350 Å². The highest BCUT2D eigenvalue weighted by Gasteiger charge is 2.21. The van der Waals surface area contributed by atoms with E-state index in [9.17, 15) is 0 Å². The zero-order valence-electron chi connectivity index (χ0n) is 33.0. The predicted molar refractivity (Wildman–Crippen MR) is 255 cm³/mol. The second-order valence-electron chi connectivity index (χ2n) is 15.3. The van der Waals surface area contributed by atoms with E-state index < -0.39 is 0 Å². The summed E-state index contributed by atoms with van der Waals surface area (Å²) >= 11 is 0. The number of fused-ring (bicyclic) bond motifs is 5. The molecule has 1 heterocycles. The van der Waals surface area contributed by atoms with Gasteiger partial charge in [-0.05, 0) is 104 Å². The summed E-state index contributed by atoms with van der Waals surface area (Å²) in [5, 5.41) is 5.05. The van der Waals surface area contributed by atoms with Gasteiger partial charge >= 0.3 is 0 Å². The number of hydrogen-bond acceptors (Lipinski definition) is 1. The lowest BCUT2D eigenvalue weighted by Gasteiger charge is -2.28. The minimum Gasteiger partial charge on any atom is -0.310 e. The van der Waals surface area contributed by atoms with Gasteiger partial charge in [-0.1, -0.05) is 188 Å². The van der Waals surface area contributed by atoms with Crippen LogP contribution in [0.25, 0.3) is 82.8 Å². The fourth-order valence-electron chi connectivity index (χ4n) is 8.99. The Morgan fingerprint density at radius 3 is 1.62 bits per heavy atom. The number of aromatic nitrogens is 1. The monoisotopic (exact) mass is 764 g/mol. The molecule has 282 valence electrons. The number of para-hydroxylation sites is 2. The summed E-state index contributed by atoms with van der Waals surface area (Å²) in [5.41, 5.74) is 16.2. The van der Waals surface area contributed by atoms with Crippen molar-refractivity contribution in [2.24, 2.45) is 0 Å². The van der Waals surface area contributed by atoms with E-state index in [0.717, 1.165) is 33.9 Å². The molecule has 0 saturated heterocycles. The van der Waals surface area contributed by atoms with Crippen LogP contribution >= 0.6 is 0 Å². The summed E-state index contributed by atoms with van der Waals surface area (Å²) in [5.74, 6) is 0. The highest BCUT2D eigenvalue weighted by molar-refractivity contribution is 6.21. The molecule has 0 amide bonds. The molecule has 0 fully saturated rings. The molecule has 0 radical (unpaired) electrons. The molecule has 0 aliphatic carbocycles. The average molecular weight is 765 g/mol. The Balaban J connectivity index is 1.12. The maximum absolute atomic E-state index is 2.46. The molecule has 0 spiro atoms. The van der Waals surface area contributed by atoms with Crippen molar-refractivity contribution in [2.45, 2.75) is 0 Å². The normalized spacial score (nSPS) is 11.3. The van der Waals surface area contributed by atoms with E-state index >= 15 is 0 Å². The third-order valence-electron chi connectivity index (χ3n) is 11.8. The summed E-state index contributed by atoms with van der Waals surface area (Å²) in [6.07, 6.45) is 0. The van der Waals surface area contributed by atoms with Gasteiger partial charge in [-0.3, -0.25) is 0 Å². The third-order valence-corrected chi connectivity index (χ3v) is 11.8. The predicted octanol–water partition coefficient (Wildman–Crippen LogP) is 16.1. The van der Waals surface area contributed by atoms with Crippen LogP contribution in [0.4, 0.5) is 17.1 Å². The summed E-state index contributed by atoms with van der Waals surface area (Å²) in [7, 11) is 0. The van der Waals surface area contributed by atoms with Gasteiger partial charge in [0.2, 0.25) is 0 Å². The van der Waals surface area contributed by atoms with Crippen molar-refractivity contribution in [1.82, 2.24) is 4.57 Å². The molecule has 0 atom stereocenters. The molecule has 0 aliphatic heterocycles. The molecule has 0 bridgehead atoms. The van der Waals surface area contributed by atoms with Crippen LogP contribution in [0.1, 0.15) is 0 Å². The molecule has 2 nitrogen and oxygen atoms in total. The van der Waals surface area contributed by atoms with Gasteiger partial charge in [0.25, 0.3) is 0 Å². The summed E-state index contributed by atoms with van der Waals surface area (Å²) in [6, 6.07) is 87.9. The molecule has 1 aromatic heterocycles. The first-order valence-corrected chi connectivity index (χ1v) is 20.6. The van der Waals surface area contributed by atoms with Gasteiger partial charge in [-0.15, -0.1) is 0 Å². The van der Waals surface area contributed by atoms with Crippen molar-refractivity contribution in [3.8, 4) is 50.2 Å². The molecule has 11 aromatic rings. The Hall–Kier alpha value is -7.94. The van der Waals surface area contributed by atoms with Crippen molar-refractivity contribution in [2.75, 3.05) is 4.90 Å². The Bertz CT molecular complexity index is 3290. The Morgan fingerprint density at radius 1 is 0.283 bits per heavy atom. The second-order valence-corrected chi connectivity index (χ2v) is 15.3. The second kappa shape index (κ2) is 15.1. The highest BCUT2D eigenvalue weighted by atomic mass is 15.1. The van der Waals surface area contributed by atoms with Gasteiger partial charge in [0, 0.05) is 33.4 Å². The number of benzene rings is 10. The van der Waals surface area contributed by atoms with Gasteiger partial charge in [0.15, 0.2) is 0 Å². The van der Waals surface area contributed by atoms with Crippen LogP contribution in [0.15, 0.2) is 243 Å². The van der Waals surface area contributed by atoms with Gasteiger partial charge in [0.1, 0.15) is 0 Å². The van der Waals surface area contributed by atoms with Crippen LogP contribution in [0.2, 0.25) is 0 Å². The van der Waals surface area contributed by atoms with Gasteiger partial charge in [0.05, 0.1) is 16.7 Å². The van der Waals surface area contributed by atoms with Crippen molar-refractivity contribution >= 4 is 49.6 Å². The van der Waals surface area contributed by atoms with E-state index in [-0.39, 0.29) is 0 Å². The van der Waals surface area contributed by atoms with E-state index in [0.29, 0.717) is 0 Å². The molecular weight excluding hydrogens is 725 g/mol. The maximum atomic E-state index is 2.46. The number of nitrogens with zero attached hydrogens (tertiary/aromatic N) is 2. The van der Waals surface area contributed by atoms with Gasteiger partial charge < -0.3 is 9.47 Å². The number of rotatable bonds is 8. The van der Waals surface area contributed by atoms with E-state index in [4.69, 9.17) is 0 Å². The molecule has 11 rings (SSSR count). The summed E-state index contributed by atoms with van der Waals surface area (Å²) in [6.45, 7) is 0. The van der Waals surface area contributed by atoms with E-state index in [1.165, 1.54) is 66.0 Å². The average Bonchev–Trinajstić information content (AvgIpc) is 3.67. The first-order chi connectivity index (χ1) is 29.8. The smallest absolute Gasteiger partial charge is 0.0547 e. The zero-order chi connectivity index (χ0) is 39.8. The SMILES string of the molecule is c1ccc(-c2ccc(N(c3cccc(-c4ccccc4)c3)c3ccc(-c4ccccc4-n4c5ccccc5c5c6ccccc6ccc54)c(-c4ccccc4)c3)cc2)cc1. The minimum atomic E-state index is 1.08. The molecule has 0 unspecified atom stereocenters. The Kier molecular flexibility index (Phi) is 8.87. The van der Waals surface area contributed by atoms with Crippen molar-refractivity contribution in [1.29, 1.82) is 0 Å². The van der Waals surface area contributed by atoms with Crippen molar-refractivity contribution < 1.29 is 0 Å². The van der Waals surface area contributed by atoms with Gasteiger partial charge in [-0.2, -0.15) is 0 Å². The quantitative estimate of drug-likeness (QED) is 0.150. The third kappa shape index (κ3) is 6.23. The fourth-order valence-corrected chi connectivity index (χ4v) is 8.99. The number of anilines is 3. The lowest BCUT2D eigenvalue weighted by atomic mass is 9.92. The summed E-state index contributed by atoms with van der Waals surface area (Å²) < 4.78 is 2.46. The largest absolute Gasteiger partial charge is 0.310 e. The van der Waals surface area contributed by atoms with E-state index in [1.54, 1.807) is 0 Å². The fraction of sp³-hybridized carbons (Fsp3) is 0. The minimum absolute atomic E-state index is 1.08. The lowest BCUT2D eigenvalue weighted by molar-refractivity contribution is 1.18. The maximum Gasteiger partial charge on any atom is 0.0547 e. The summed E-state index contributed by atoms with van der Waals surface area (Å²) in [4.78, 5) is 2.39. The molecule has 0 aliphatic rings. The van der Waals surface area contributed by atoms with Crippen LogP contribution < -0.4 is 4.90 Å². The van der Waals surface area contributed by atoms with Crippen LogP contribution in [-0.2, 0) is 0 Å². The highest BCUT2D eigenvalue weighted by Crippen LogP contribution is 2.45. The molecule has 60 heavy (non-hydrogen) atoms. The zero-order valence-corrected chi connectivity index (χ0v) is 33.0. The van der Waals surface area contributed by atoms with Crippen molar-refractivity contribution in [3.63, 3.8) is 0 Å². The lowest BCUT2D eigenvalue weighted by Crippen LogP contribution is -2.10. The first kappa shape index (κ1) is 35.2. The van der Waals surface area contributed by atoms with Crippen LogP contribution in [0.3, 0.4) is 0 Å². The molecular formula is C58H40N2. The Morgan fingerprint density at radius 2 is 0.850 bits per heavy atom. The van der Waals surface area contributed by atoms with Gasteiger partial charge in [-0.25, -0.2) is 0 Å². The van der Waals surface area contributed by atoms with Crippen LogP contribution in [0.5, 0.6) is 0 Å². The van der Waals surface area contributed by atoms with Crippen molar-refractivity contribution in [3.05, 3.63) is 243 Å². The molecule has 2 heteroatoms. The first-order valence-electron chi connectivity index (χ1n) is 20.6. The molecule has 0 N–H and O–H groups in total. The van der Waals surface area contributed by atoms with E-state index in [2.05, 4.69) is 252 Å². The number of hydrogen-bond donors (Lipinski definition) is 0. The van der Waals surface area contributed by atoms with E-state index in [1.807, 2.05) is 0 Å². The standard InChI is InChI=1S/C58H40N2/c1-4-17-41(18-5-1)43-31-34-47(35-32-43)59(48-25-16-24-46(39-48)42-19-6-2-7-20-42)49-36-37-51(54(40-49)44-21-8-3-9-22-44)52-27-12-14-29-55(52)60-56-30-15-13-28-53(56)58-50-26-11-10-23-45(50)33-38-57(58)60/h1-40H. The topological polar surface area (TPSA) is 8.17 Å². The molecule has 0 saturated carbocycles. The van der Waals surface area contributed by atoms with Crippen LogP contribution in [-0.4, -0.2) is 4.57 Å².